The van der Waals surface area contributed by atoms with Crippen molar-refractivity contribution in [3.63, 3.8) is 0 Å². The number of alkyl halides is 3. The molecule has 0 amide bonds. The van der Waals surface area contributed by atoms with Crippen LogP contribution in [0, 0.1) is 0 Å². The number of aliphatic hydroxyl groups is 2. The maximum atomic E-state index is 13.2. The Balaban J connectivity index is 1.87. The van der Waals surface area contributed by atoms with E-state index in [0.717, 1.165) is 6.07 Å². The molecule has 1 aliphatic rings. The molecule has 1 heterocycles. The van der Waals surface area contributed by atoms with Crippen LogP contribution in [0.15, 0.2) is 36.4 Å². The summed E-state index contributed by atoms with van der Waals surface area (Å²) in [7, 11) is 3.00. The SMILES string of the molecule is COc1ccc(OC)c2c1CN(C[C@@H](O)c1ccccc1C(F)(F)F)C[C@H]2O. The zero-order valence-corrected chi connectivity index (χ0v) is 15.5. The summed E-state index contributed by atoms with van der Waals surface area (Å²) in [5.41, 5.74) is 0.243. The lowest BCUT2D eigenvalue weighted by molar-refractivity contribution is -0.139. The molecule has 8 heteroatoms. The second kappa shape index (κ2) is 7.98. The number of aliphatic hydroxyl groups excluding tert-OH is 2. The average molecular weight is 397 g/mol. The minimum atomic E-state index is -4.55. The van der Waals surface area contributed by atoms with E-state index in [-0.39, 0.29) is 18.7 Å². The van der Waals surface area contributed by atoms with Crippen LogP contribution in [0.5, 0.6) is 11.5 Å². The van der Waals surface area contributed by atoms with Crippen molar-refractivity contribution >= 4 is 0 Å². The first-order valence-corrected chi connectivity index (χ1v) is 8.74. The molecule has 2 N–H and O–H groups in total. The highest BCUT2D eigenvalue weighted by Crippen LogP contribution is 2.40. The lowest BCUT2D eigenvalue weighted by Crippen LogP contribution is -2.37. The number of methoxy groups -OCH3 is 2. The van der Waals surface area contributed by atoms with Gasteiger partial charge in [-0.05, 0) is 23.8 Å². The molecule has 1 aliphatic heterocycles. The number of fused-ring (bicyclic) bond motifs is 1. The molecule has 0 bridgehead atoms. The fourth-order valence-corrected chi connectivity index (χ4v) is 3.67. The highest BCUT2D eigenvalue weighted by molar-refractivity contribution is 5.51. The van der Waals surface area contributed by atoms with E-state index in [2.05, 4.69) is 0 Å². The lowest BCUT2D eigenvalue weighted by atomic mass is 9.94. The van der Waals surface area contributed by atoms with E-state index in [0.29, 0.717) is 29.2 Å². The number of benzene rings is 2. The van der Waals surface area contributed by atoms with Crippen molar-refractivity contribution in [2.24, 2.45) is 0 Å². The molecule has 0 aromatic heterocycles. The second-order valence-electron chi connectivity index (χ2n) is 6.67. The molecular weight excluding hydrogens is 375 g/mol. The number of hydrogen-bond donors (Lipinski definition) is 2. The molecule has 0 saturated carbocycles. The van der Waals surface area contributed by atoms with Crippen LogP contribution in [-0.2, 0) is 12.7 Å². The summed E-state index contributed by atoms with van der Waals surface area (Å²) >= 11 is 0. The molecule has 152 valence electrons. The van der Waals surface area contributed by atoms with Crippen LogP contribution in [0.1, 0.15) is 34.5 Å². The molecule has 0 unspecified atom stereocenters. The van der Waals surface area contributed by atoms with Crippen LogP contribution in [0.3, 0.4) is 0 Å². The summed E-state index contributed by atoms with van der Waals surface area (Å²) in [5, 5.41) is 21.1. The molecule has 2 aromatic rings. The van der Waals surface area contributed by atoms with Gasteiger partial charge in [-0.15, -0.1) is 0 Å². The van der Waals surface area contributed by atoms with Crippen molar-refractivity contribution < 1.29 is 32.9 Å². The van der Waals surface area contributed by atoms with E-state index in [1.54, 1.807) is 17.0 Å². The highest BCUT2D eigenvalue weighted by Gasteiger charge is 2.36. The summed E-state index contributed by atoms with van der Waals surface area (Å²) in [6.45, 7) is 0.393. The molecular formula is C20H22F3NO4. The van der Waals surface area contributed by atoms with E-state index in [4.69, 9.17) is 9.47 Å². The van der Waals surface area contributed by atoms with Gasteiger partial charge in [0.15, 0.2) is 0 Å². The van der Waals surface area contributed by atoms with Gasteiger partial charge in [-0.1, -0.05) is 18.2 Å². The van der Waals surface area contributed by atoms with Gasteiger partial charge in [0.25, 0.3) is 0 Å². The van der Waals surface area contributed by atoms with Crippen molar-refractivity contribution in [3.05, 3.63) is 58.7 Å². The molecule has 28 heavy (non-hydrogen) atoms. The topological polar surface area (TPSA) is 62.2 Å². The van der Waals surface area contributed by atoms with Crippen molar-refractivity contribution in [1.82, 2.24) is 4.90 Å². The molecule has 0 fully saturated rings. The van der Waals surface area contributed by atoms with E-state index < -0.39 is 23.9 Å². The predicted molar refractivity (Wildman–Crippen MR) is 96.2 cm³/mol. The summed E-state index contributed by atoms with van der Waals surface area (Å²) < 4.78 is 50.4. The standard InChI is InChI=1S/C20H22F3NO4/c1-27-17-7-8-18(28-2)19-13(17)9-24(11-16(19)26)10-15(25)12-5-3-4-6-14(12)20(21,22)23/h3-8,15-16,25-26H,9-11H2,1-2H3/t15-,16-/m1/s1. The maximum absolute atomic E-state index is 13.2. The highest BCUT2D eigenvalue weighted by atomic mass is 19.4. The normalized spacial score (nSPS) is 18.5. The van der Waals surface area contributed by atoms with Gasteiger partial charge < -0.3 is 19.7 Å². The van der Waals surface area contributed by atoms with Crippen molar-refractivity contribution in [1.29, 1.82) is 0 Å². The molecule has 2 aromatic carbocycles. The largest absolute Gasteiger partial charge is 0.496 e. The summed E-state index contributed by atoms with van der Waals surface area (Å²) in [6.07, 6.45) is -6.83. The zero-order chi connectivity index (χ0) is 20.5. The summed E-state index contributed by atoms with van der Waals surface area (Å²) in [4.78, 5) is 1.70. The van der Waals surface area contributed by atoms with Gasteiger partial charge in [0.05, 0.1) is 32.0 Å². The zero-order valence-electron chi connectivity index (χ0n) is 15.5. The molecule has 0 saturated heterocycles. The van der Waals surface area contributed by atoms with Crippen LogP contribution in [0.4, 0.5) is 13.2 Å². The first-order chi connectivity index (χ1) is 13.3. The number of hydrogen-bond acceptors (Lipinski definition) is 5. The van der Waals surface area contributed by atoms with Gasteiger partial charge in [-0.2, -0.15) is 13.2 Å². The first kappa shape index (κ1) is 20.4. The molecule has 0 radical (unpaired) electrons. The third-order valence-electron chi connectivity index (χ3n) is 4.92. The van der Waals surface area contributed by atoms with Gasteiger partial charge in [0.2, 0.25) is 0 Å². The predicted octanol–water partition coefficient (Wildman–Crippen LogP) is 3.31. The number of nitrogens with zero attached hydrogens (tertiary/aromatic N) is 1. The molecule has 3 rings (SSSR count). The Bertz CT molecular complexity index is 841. The molecule has 0 aliphatic carbocycles. The number of rotatable bonds is 5. The minimum Gasteiger partial charge on any atom is -0.496 e. The summed E-state index contributed by atoms with van der Waals surface area (Å²) in [5.74, 6) is 1.07. The van der Waals surface area contributed by atoms with E-state index >= 15 is 0 Å². The van der Waals surface area contributed by atoms with Crippen molar-refractivity contribution in [2.45, 2.75) is 24.9 Å². The van der Waals surface area contributed by atoms with Gasteiger partial charge in [0, 0.05) is 30.8 Å². The fourth-order valence-electron chi connectivity index (χ4n) is 3.67. The number of ether oxygens (including phenoxy) is 2. The van der Waals surface area contributed by atoms with Crippen LogP contribution >= 0.6 is 0 Å². The maximum Gasteiger partial charge on any atom is 0.416 e. The van der Waals surface area contributed by atoms with Gasteiger partial charge in [-0.3, -0.25) is 4.90 Å². The Hall–Kier alpha value is -2.29. The van der Waals surface area contributed by atoms with Crippen LogP contribution in [0.25, 0.3) is 0 Å². The van der Waals surface area contributed by atoms with Gasteiger partial charge in [0.1, 0.15) is 11.5 Å². The summed E-state index contributed by atoms with van der Waals surface area (Å²) in [6, 6.07) is 8.38. The molecule has 2 atom stereocenters. The average Bonchev–Trinajstić information content (AvgIpc) is 2.66. The monoisotopic (exact) mass is 397 g/mol. The smallest absolute Gasteiger partial charge is 0.416 e. The van der Waals surface area contributed by atoms with E-state index in [9.17, 15) is 23.4 Å². The van der Waals surface area contributed by atoms with Crippen LogP contribution < -0.4 is 9.47 Å². The third kappa shape index (κ3) is 3.94. The Morgan fingerprint density at radius 2 is 1.75 bits per heavy atom. The second-order valence-corrected chi connectivity index (χ2v) is 6.67. The molecule has 5 nitrogen and oxygen atoms in total. The van der Waals surface area contributed by atoms with Crippen molar-refractivity contribution in [3.8, 4) is 11.5 Å². The van der Waals surface area contributed by atoms with Gasteiger partial charge in [-0.25, -0.2) is 0 Å². The Labute approximate surface area is 160 Å². The third-order valence-corrected chi connectivity index (χ3v) is 4.92. The van der Waals surface area contributed by atoms with Crippen LogP contribution in [0.2, 0.25) is 0 Å². The number of β-amino-alcohol motifs (C(OH)–C–C–N with tert-alkyl or cyclic N) is 2. The first-order valence-electron chi connectivity index (χ1n) is 8.74. The van der Waals surface area contributed by atoms with E-state index in [1.165, 1.54) is 32.4 Å². The Kier molecular flexibility index (Phi) is 5.83. The van der Waals surface area contributed by atoms with Crippen LogP contribution in [-0.4, -0.2) is 42.4 Å². The Morgan fingerprint density at radius 1 is 1.11 bits per heavy atom. The quantitative estimate of drug-likeness (QED) is 0.811. The fraction of sp³-hybridized carbons (Fsp3) is 0.400. The van der Waals surface area contributed by atoms with Crippen molar-refractivity contribution in [2.75, 3.05) is 27.3 Å². The number of halogens is 3. The van der Waals surface area contributed by atoms with E-state index in [1.807, 2.05) is 0 Å². The Morgan fingerprint density at radius 3 is 2.39 bits per heavy atom. The molecule has 0 spiro atoms. The van der Waals surface area contributed by atoms with Gasteiger partial charge >= 0.3 is 6.18 Å². The minimum absolute atomic E-state index is 0.0655. The lowest BCUT2D eigenvalue weighted by Gasteiger charge is -2.35.